The van der Waals surface area contributed by atoms with Gasteiger partial charge in [-0.05, 0) is 25.0 Å². The van der Waals surface area contributed by atoms with Crippen LogP contribution in [0.25, 0.3) is 0 Å². The van der Waals surface area contributed by atoms with Crippen LogP contribution < -0.4 is 5.32 Å². The fourth-order valence-corrected chi connectivity index (χ4v) is 2.03. The van der Waals surface area contributed by atoms with Crippen LogP contribution in [-0.2, 0) is 0 Å². The van der Waals surface area contributed by atoms with Gasteiger partial charge in [-0.25, -0.2) is 0 Å². The van der Waals surface area contributed by atoms with Crippen molar-refractivity contribution < 1.29 is 5.11 Å². The van der Waals surface area contributed by atoms with E-state index < -0.39 is 0 Å². The molecule has 1 aliphatic carbocycles. The topological polar surface area (TPSA) is 32.3 Å². The molecule has 76 valence electrons. The zero-order valence-corrected chi connectivity index (χ0v) is 8.32. The number of rotatable bonds is 2. The first-order chi connectivity index (χ1) is 6.86. The van der Waals surface area contributed by atoms with Crippen LogP contribution in [0.5, 0.6) is 0 Å². The van der Waals surface area contributed by atoms with Crippen molar-refractivity contribution in [2.24, 2.45) is 0 Å². The van der Waals surface area contributed by atoms with Gasteiger partial charge in [0.1, 0.15) is 0 Å². The van der Waals surface area contributed by atoms with E-state index in [-0.39, 0.29) is 12.1 Å². The normalized spacial score (nSPS) is 27.2. The average molecular weight is 191 g/mol. The molecule has 1 saturated carbocycles. The van der Waals surface area contributed by atoms with Gasteiger partial charge in [0.2, 0.25) is 0 Å². The van der Waals surface area contributed by atoms with E-state index in [1.54, 1.807) is 0 Å². The Hall–Kier alpha value is -1.02. The highest BCUT2D eigenvalue weighted by Gasteiger charge is 2.22. The highest BCUT2D eigenvalue weighted by Crippen LogP contribution is 2.21. The summed E-state index contributed by atoms with van der Waals surface area (Å²) in [6.07, 6.45) is 4.22. The molecule has 2 rings (SSSR count). The molecule has 0 bridgehead atoms. The minimum Gasteiger partial charge on any atom is -0.391 e. The number of aliphatic hydroxyl groups excluding tert-OH is 1. The summed E-state index contributed by atoms with van der Waals surface area (Å²) in [7, 11) is 0. The van der Waals surface area contributed by atoms with E-state index in [1.165, 1.54) is 6.42 Å². The number of benzene rings is 1. The van der Waals surface area contributed by atoms with Gasteiger partial charge in [0.25, 0.3) is 0 Å². The molecule has 1 aromatic carbocycles. The molecule has 14 heavy (non-hydrogen) atoms. The van der Waals surface area contributed by atoms with Crippen LogP contribution in [0, 0.1) is 0 Å². The molecule has 2 heteroatoms. The molecular weight excluding hydrogens is 174 g/mol. The van der Waals surface area contributed by atoms with Gasteiger partial charge in [0.15, 0.2) is 0 Å². The van der Waals surface area contributed by atoms with Crippen molar-refractivity contribution in [2.75, 3.05) is 5.32 Å². The van der Waals surface area contributed by atoms with Crippen LogP contribution in [0.2, 0.25) is 0 Å². The number of hydrogen-bond acceptors (Lipinski definition) is 2. The second-order valence-electron chi connectivity index (χ2n) is 3.97. The van der Waals surface area contributed by atoms with Gasteiger partial charge in [0, 0.05) is 5.69 Å². The highest BCUT2D eigenvalue weighted by molar-refractivity contribution is 5.43. The lowest BCUT2D eigenvalue weighted by Crippen LogP contribution is -2.36. The molecule has 0 aromatic heterocycles. The van der Waals surface area contributed by atoms with Gasteiger partial charge in [-0.2, -0.15) is 0 Å². The fraction of sp³-hybridized carbons (Fsp3) is 0.500. The molecule has 0 aliphatic heterocycles. The SMILES string of the molecule is O[C@@H]1CCCC[C@H]1Nc1ccccc1. The molecule has 2 nitrogen and oxygen atoms in total. The van der Waals surface area contributed by atoms with Gasteiger partial charge < -0.3 is 10.4 Å². The number of nitrogens with one attached hydrogen (secondary N) is 1. The molecule has 0 saturated heterocycles. The second-order valence-corrected chi connectivity index (χ2v) is 3.97. The van der Waals surface area contributed by atoms with Gasteiger partial charge in [-0.3, -0.25) is 0 Å². The Kier molecular flexibility index (Phi) is 3.04. The van der Waals surface area contributed by atoms with E-state index in [4.69, 9.17) is 0 Å². The largest absolute Gasteiger partial charge is 0.391 e. The van der Waals surface area contributed by atoms with Crippen LogP contribution in [0.3, 0.4) is 0 Å². The third kappa shape index (κ3) is 2.26. The molecule has 0 unspecified atom stereocenters. The first-order valence-electron chi connectivity index (χ1n) is 5.36. The van der Waals surface area contributed by atoms with Crippen LogP contribution in [0.1, 0.15) is 25.7 Å². The molecule has 1 aliphatic rings. The van der Waals surface area contributed by atoms with E-state index >= 15 is 0 Å². The van der Waals surface area contributed by atoms with Crippen LogP contribution >= 0.6 is 0 Å². The van der Waals surface area contributed by atoms with E-state index in [0.29, 0.717) is 0 Å². The summed E-state index contributed by atoms with van der Waals surface area (Å²) < 4.78 is 0. The van der Waals surface area contributed by atoms with Crippen molar-refractivity contribution in [3.63, 3.8) is 0 Å². The monoisotopic (exact) mass is 191 g/mol. The number of hydrogen-bond donors (Lipinski definition) is 2. The summed E-state index contributed by atoms with van der Waals surface area (Å²) in [4.78, 5) is 0. The van der Waals surface area contributed by atoms with Crippen LogP contribution in [0.4, 0.5) is 5.69 Å². The van der Waals surface area contributed by atoms with Gasteiger partial charge >= 0.3 is 0 Å². The summed E-state index contributed by atoms with van der Waals surface area (Å²) in [5.74, 6) is 0. The highest BCUT2D eigenvalue weighted by atomic mass is 16.3. The fourth-order valence-electron chi connectivity index (χ4n) is 2.03. The minimum absolute atomic E-state index is 0.177. The zero-order chi connectivity index (χ0) is 9.80. The minimum atomic E-state index is -0.177. The molecule has 0 heterocycles. The molecule has 0 radical (unpaired) electrons. The third-order valence-corrected chi connectivity index (χ3v) is 2.86. The Morgan fingerprint density at radius 3 is 2.50 bits per heavy atom. The maximum absolute atomic E-state index is 9.77. The van der Waals surface area contributed by atoms with E-state index in [9.17, 15) is 5.11 Å². The first kappa shape index (κ1) is 9.53. The molecule has 2 N–H and O–H groups in total. The summed E-state index contributed by atoms with van der Waals surface area (Å²) >= 11 is 0. The Labute approximate surface area is 85.0 Å². The Morgan fingerprint density at radius 1 is 1.07 bits per heavy atom. The standard InChI is InChI=1S/C12H17NO/c14-12-9-5-4-8-11(12)13-10-6-2-1-3-7-10/h1-3,6-7,11-14H,4-5,8-9H2/t11-,12-/m1/s1. The maximum Gasteiger partial charge on any atom is 0.0741 e. The Balaban J connectivity index is 1.96. The summed E-state index contributed by atoms with van der Waals surface area (Å²) in [5.41, 5.74) is 1.11. The zero-order valence-electron chi connectivity index (χ0n) is 8.32. The van der Waals surface area contributed by atoms with E-state index in [2.05, 4.69) is 5.32 Å². The van der Waals surface area contributed by atoms with Crippen LogP contribution in [0.15, 0.2) is 30.3 Å². The predicted octanol–water partition coefficient (Wildman–Crippen LogP) is 2.40. The van der Waals surface area contributed by atoms with Gasteiger partial charge in [-0.15, -0.1) is 0 Å². The molecule has 0 spiro atoms. The third-order valence-electron chi connectivity index (χ3n) is 2.86. The van der Waals surface area contributed by atoms with Crippen molar-refractivity contribution in [3.05, 3.63) is 30.3 Å². The van der Waals surface area contributed by atoms with Crippen molar-refractivity contribution in [2.45, 2.75) is 37.8 Å². The Bertz CT molecular complexity index is 273. The lowest BCUT2D eigenvalue weighted by Gasteiger charge is -2.29. The summed E-state index contributed by atoms with van der Waals surface area (Å²) in [6.45, 7) is 0. The smallest absolute Gasteiger partial charge is 0.0741 e. The number of aliphatic hydroxyl groups is 1. The van der Waals surface area contributed by atoms with Crippen molar-refractivity contribution in [1.82, 2.24) is 0 Å². The van der Waals surface area contributed by atoms with Crippen molar-refractivity contribution in [3.8, 4) is 0 Å². The summed E-state index contributed by atoms with van der Waals surface area (Å²) in [5, 5.41) is 13.1. The molecule has 1 fully saturated rings. The van der Waals surface area contributed by atoms with E-state index in [0.717, 1.165) is 24.9 Å². The van der Waals surface area contributed by atoms with Crippen LogP contribution in [-0.4, -0.2) is 17.3 Å². The molecular formula is C12H17NO. The van der Waals surface area contributed by atoms with E-state index in [1.807, 2.05) is 30.3 Å². The van der Waals surface area contributed by atoms with Gasteiger partial charge in [0.05, 0.1) is 12.1 Å². The average Bonchev–Trinajstić information content (AvgIpc) is 2.23. The summed E-state index contributed by atoms with van der Waals surface area (Å²) in [6, 6.07) is 10.4. The van der Waals surface area contributed by atoms with Gasteiger partial charge in [-0.1, -0.05) is 31.0 Å². The van der Waals surface area contributed by atoms with Crippen molar-refractivity contribution in [1.29, 1.82) is 0 Å². The Morgan fingerprint density at radius 2 is 1.79 bits per heavy atom. The predicted molar refractivity (Wildman–Crippen MR) is 58.3 cm³/mol. The lowest BCUT2D eigenvalue weighted by atomic mass is 9.92. The molecule has 0 amide bonds. The quantitative estimate of drug-likeness (QED) is 0.752. The van der Waals surface area contributed by atoms with Crippen molar-refractivity contribution >= 4 is 5.69 Å². The lowest BCUT2D eigenvalue weighted by molar-refractivity contribution is 0.116. The molecule has 2 atom stereocenters. The number of anilines is 1. The molecule has 1 aromatic rings. The number of para-hydroxylation sites is 1. The first-order valence-corrected chi connectivity index (χ1v) is 5.36. The maximum atomic E-state index is 9.77. The second kappa shape index (κ2) is 4.47.